The van der Waals surface area contributed by atoms with Crippen molar-refractivity contribution in [2.75, 3.05) is 0 Å². The number of nitrogens with one attached hydrogen (secondary N) is 1. The lowest BCUT2D eigenvalue weighted by Gasteiger charge is -2.39. The molecule has 0 saturated heterocycles. The largest absolute Gasteiger partial charge is 0.392 e. The topological polar surface area (TPSA) is 48.9 Å². The van der Waals surface area contributed by atoms with E-state index in [1.54, 1.807) is 5.56 Å². The SMILES string of the molecule is CC1(c2c3c(c4cn[nH]c4c2CO)CCCC3)CCCCC1. The van der Waals surface area contributed by atoms with Crippen molar-refractivity contribution in [2.45, 2.75) is 76.7 Å². The van der Waals surface area contributed by atoms with Crippen LogP contribution in [0.5, 0.6) is 0 Å². The highest BCUT2D eigenvalue weighted by atomic mass is 16.3. The second-order valence-corrected chi connectivity index (χ2v) is 7.46. The van der Waals surface area contributed by atoms with Gasteiger partial charge in [-0.2, -0.15) is 5.10 Å². The summed E-state index contributed by atoms with van der Waals surface area (Å²) >= 11 is 0. The van der Waals surface area contributed by atoms with Gasteiger partial charge in [0.15, 0.2) is 0 Å². The molecule has 118 valence electrons. The maximum atomic E-state index is 10.1. The number of rotatable bonds is 2. The summed E-state index contributed by atoms with van der Waals surface area (Å²) in [5.41, 5.74) is 6.98. The van der Waals surface area contributed by atoms with Crippen LogP contribution in [0.2, 0.25) is 0 Å². The predicted molar refractivity (Wildman–Crippen MR) is 89.1 cm³/mol. The fourth-order valence-corrected chi connectivity index (χ4v) is 5.00. The number of aliphatic hydroxyl groups is 1. The van der Waals surface area contributed by atoms with E-state index in [2.05, 4.69) is 17.1 Å². The van der Waals surface area contributed by atoms with E-state index in [-0.39, 0.29) is 12.0 Å². The van der Waals surface area contributed by atoms with E-state index in [0.29, 0.717) is 0 Å². The summed E-state index contributed by atoms with van der Waals surface area (Å²) in [6.07, 6.45) is 13.4. The van der Waals surface area contributed by atoms with Crippen LogP contribution in [0, 0.1) is 0 Å². The van der Waals surface area contributed by atoms with Crippen molar-refractivity contribution in [3.8, 4) is 0 Å². The fourth-order valence-electron chi connectivity index (χ4n) is 5.00. The molecule has 2 aliphatic carbocycles. The van der Waals surface area contributed by atoms with Crippen molar-refractivity contribution in [2.24, 2.45) is 0 Å². The molecular formula is C19H26N2O. The van der Waals surface area contributed by atoms with Gasteiger partial charge in [0.05, 0.1) is 18.3 Å². The molecule has 0 unspecified atom stereocenters. The van der Waals surface area contributed by atoms with Gasteiger partial charge in [0.2, 0.25) is 0 Å². The third kappa shape index (κ3) is 2.02. The number of aryl methyl sites for hydroxylation is 1. The van der Waals surface area contributed by atoms with Gasteiger partial charge < -0.3 is 5.11 Å². The Morgan fingerprint density at radius 3 is 2.55 bits per heavy atom. The Balaban J connectivity index is 2.03. The van der Waals surface area contributed by atoms with Crippen molar-refractivity contribution < 1.29 is 5.11 Å². The lowest BCUT2D eigenvalue weighted by molar-refractivity contribution is 0.269. The molecule has 2 N–H and O–H groups in total. The summed E-state index contributed by atoms with van der Waals surface area (Å²) < 4.78 is 0. The molecule has 0 spiro atoms. The summed E-state index contributed by atoms with van der Waals surface area (Å²) in [6, 6.07) is 0. The second kappa shape index (κ2) is 5.38. The van der Waals surface area contributed by atoms with Crippen LogP contribution in [-0.2, 0) is 24.9 Å². The Morgan fingerprint density at radius 2 is 1.82 bits per heavy atom. The molecule has 0 bridgehead atoms. The van der Waals surface area contributed by atoms with Crippen LogP contribution in [0.4, 0.5) is 0 Å². The van der Waals surface area contributed by atoms with Gasteiger partial charge in [0.1, 0.15) is 0 Å². The molecule has 4 rings (SSSR count). The number of aromatic amines is 1. The van der Waals surface area contributed by atoms with Crippen LogP contribution in [0.25, 0.3) is 10.9 Å². The third-order valence-electron chi connectivity index (χ3n) is 6.06. The van der Waals surface area contributed by atoms with Crippen molar-refractivity contribution in [1.29, 1.82) is 0 Å². The molecule has 1 fully saturated rings. The average molecular weight is 298 g/mol. The molecule has 0 aliphatic heterocycles. The smallest absolute Gasteiger partial charge is 0.0711 e. The Labute approximate surface area is 132 Å². The summed E-state index contributed by atoms with van der Waals surface area (Å²) in [6.45, 7) is 2.55. The number of fused-ring (bicyclic) bond motifs is 3. The number of H-pyrrole nitrogens is 1. The zero-order valence-electron chi connectivity index (χ0n) is 13.5. The van der Waals surface area contributed by atoms with E-state index in [0.717, 1.165) is 11.1 Å². The molecule has 1 aromatic carbocycles. The van der Waals surface area contributed by atoms with Gasteiger partial charge in [-0.15, -0.1) is 0 Å². The number of hydrogen-bond donors (Lipinski definition) is 2. The van der Waals surface area contributed by atoms with E-state index in [9.17, 15) is 5.11 Å². The van der Waals surface area contributed by atoms with Crippen LogP contribution in [0.1, 0.15) is 74.1 Å². The van der Waals surface area contributed by atoms with Crippen LogP contribution in [-0.4, -0.2) is 15.3 Å². The number of nitrogens with zero attached hydrogens (tertiary/aromatic N) is 1. The van der Waals surface area contributed by atoms with E-state index >= 15 is 0 Å². The second-order valence-electron chi connectivity index (χ2n) is 7.46. The third-order valence-corrected chi connectivity index (χ3v) is 6.06. The first-order valence-corrected chi connectivity index (χ1v) is 8.85. The van der Waals surface area contributed by atoms with Crippen LogP contribution in [0.3, 0.4) is 0 Å². The van der Waals surface area contributed by atoms with Crippen molar-refractivity contribution in [3.05, 3.63) is 28.5 Å². The molecule has 22 heavy (non-hydrogen) atoms. The van der Waals surface area contributed by atoms with Gasteiger partial charge >= 0.3 is 0 Å². The van der Waals surface area contributed by atoms with Crippen LogP contribution in [0.15, 0.2) is 6.20 Å². The first-order valence-electron chi connectivity index (χ1n) is 8.85. The van der Waals surface area contributed by atoms with Crippen molar-refractivity contribution >= 4 is 10.9 Å². The van der Waals surface area contributed by atoms with Crippen molar-refractivity contribution in [3.63, 3.8) is 0 Å². The minimum Gasteiger partial charge on any atom is -0.392 e. The zero-order valence-corrected chi connectivity index (χ0v) is 13.5. The highest BCUT2D eigenvalue weighted by Crippen LogP contribution is 2.46. The molecule has 1 aromatic heterocycles. The maximum Gasteiger partial charge on any atom is 0.0711 e. The standard InChI is InChI=1S/C19H26N2O/c1-19(9-5-2-6-10-19)17-14-8-4-3-7-13(14)15-11-20-21-18(15)16(17)12-22/h11,22H,2-10,12H2,1H3,(H,20,21). The molecule has 0 amide bonds. The average Bonchev–Trinajstić information content (AvgIpc) is 3.04. The monoisotopic (exact) mass is 298 g/mol. The lowest BCUT2D eigenvalue weighted by atomic mass is 9.66. The van der Waals surface area contributed by atoms with E-state index in [1.165, 1.54) is 74.3 Å². The molecule has 0 radical (unpaired) electrons. The van der Waals surface area contributed by atoms with E-state index < -0.39 is 0 Å². The van der Waals surface area contributed by atoms with Gasteiger partial charge in [-0.05, 0) is 60.6 Å². The molecule has 3 nitrogen and oxygen atoms in total. The fraction of sp³-hybridized carbons (Fsp3) is 0.632. The van der Waals surface area contributed by atoms with Gasteiger partial charge in [-0.1, -0.05) is 26.2 Å². The molecule has 1 heterocycles. The summed E-state index contributed by atoms with van der Waals surface area (Å²) in [7, 11) is 0. The van der Waals surface area contributed by atoms with Crippen molar-refractivity contribution in [1.82, 2.24) is 10.2 Å². The molecular weight excluding hydrogens is 272 g/mol. The van der Waals surface area contributed by atoms with Gasteiger partial charge in [0.25, 0.3) is 0 Å². The predicted octanol–water partition coefficient (Wildman–Crippen LogP) is 4.16. The highest BCUT2D eigenvalue weighted by molar-refractivity contribution is 5.88. The Morgan fingerprint density at radius 1 is 1.09 bits per heavy atom. The molecule has 3 heteroatoms. The Hall–Kier alpha value is -1.35. The zero-order chi connectivity index (χ0) is 15.2. The summed E-state index contributed by atoms with van der Waals surface area (Å²) in [4.78, 5) is 0. The minimum absolute atomic E-state index is 0.122. The van der Waals surface area contributed by atoms with Gasteiger partial charge in [-0.3, -0.25) is 5.10 Å². The molecule has 0 atom stereocenters. The Bertz CT molecular complexity index is 695. The molecule has 1 saturated carbocycles. The Kier molecular flexibility index (Phi) is 3.48. The van der Waals surface area contributed by atoms with Gasteiger partial charge in [0, 0.05) is 10.9 Å². The first kappa shape index (κ1) is 14.3. The molecule has 2 aromatic rings. The van der Waals surface area contributed by atoms with Crippen LogP contribution >= 0.6 is 0 Å². The van der Waals surface area contributed by atoms with Gasteiger partial charge in [-0.25, -0.2) is 0 Å². The minimum atomic E-state index is 0.122. The van der Waals surface area contributed by atoms with Crippen LogP contribution < -0.4 is 0 Å². The lowest BCUT2D eigenvalue weighted by Crippen LogP contribution is -2.29. The normalized spacial score (nSPS) is 21.0. The first-order chi connectivity index (χ1) is 10.7. The maximum absolute atomic E-state index is 10.1. The summed E-state index contributed by atoms with van der Waals surface area (Å²) in [5.74, 6) is 0. The van der Waals surface area contributed by atoms with E-state index in [4.69, 9.17) is 0 Å². The summed E-state index contributed by atoms with van der Waals surface area (Å²) in [5, 5.41) is 18.9. The number of hydrogen-bond acceptors (Lipinski definition) is 2. The number of benzene rings is 1. The number of aromatic nitrogens is 2. The number of aliphatic hydroxyl groups excluding tert-OH is 1. The quantitative estimate of drug-likeness (QED) is 0.874. The van der Waals surface area contributed by atoms with E-state index in [1.807, 2.05) is 6.20 Å². The highest BCUT2D eigenvalue weighted by Gasteiger charge is 2.35. The molecule has 2 aliphatic rings.